The fourth-order valence-electron chi connectivity index (χ4n) is 4.35. The lowest BCUT2D eigenvalue weighted by Crippen LogP contribution is -2.45. The minimum absolute atomic E-state index is 0.00553. The molecular weight excluding hydrogens is 302 g/mol. The van der Waals surface area contributed by atoms with Gasteiger partial charge in [-0.15, -0.1) is 0 Å². The summed E-state index contributed by atoms with van der Waals surface area (Å²) in [5.74, 6) is -0.129. The van der Waals surface area contributed by atoms with Crippen molar-refractivity contribution >= 4 is 18.0 Å². The summed E-state index contributed by atoms with van der Waals surface area (Å²) >= 11 is 0. The van der Waals surface area contributed by atoms with E-state index in [4.69, 9.17) is 4.74 Å². The molecular formula is C20H25NO3. The van der Waals surface area contributed by atoms with Crippen molar-refractivity contribution in [2.45, 2.75) is 51.6 Å². The van der Waals surface area contributed by atoms with Crippen molar-refractivity contribution in [1.82, 2.24) is 4.90 Å². The normalized spacial score (nSPS) is 28.5. The molecule has 4 nitrogen and oxygen atoms in total. The van der Waals surface area contributed by atoms with Gasteiger partial charge in [0.2, 0.25) is 5.91 Å². The van der Waals surface area contributed by atoms with E-state index < -0.39 is 5.41 Å². The van der Waals surface area contributed by atoms with E-state index in [1.54, 1.807) is 6.08 Å². The molecule has 3 rings (SSSR count). The second kappa shape index (κ2) is 6.80. The van der Waals surface area contributed by atoms with Crippen LogP contribution in [-0.2, 0) is 14.3 Å². The number of carbonyl (C=O) groups excluding carboxylic acids is 2. The summed E-state index contributed by atoms with van der Waals surface area (Å²) in [6.07, 6.45) is 6.81. The van der Waals surface area contributed by atoms with Crippen molar-refractivity contribution in [2.24, 2.45) is 5.41 Å². The quantitative estimate of drug-likeness (QED) is 0.615. The first-order valence-corrected chi connectivity index (χ1v) is 8.85. The largest absolute Gasteiger partial charge is 0.466 e. The van der Waals surface area contributed by atoms with Crippen LogP contribution < -0.4 is 0 Å². The van der Waals surface area contributed by atoms with E-state index in [1.807, 2.05) is 55.2 Å². The van der Waals surface area contributed by atoms with Gasteiger partial charge in [-0.05, 0) is 44.2 Å². The molecule has 0 spiro atoms. The number of carbonyl (C=O) groups is 2. The number of nitrogens with zero attached hydrogens (tertiary/aromatic N) is 1. The molecule has 2 heterocycles. The van der Waals surface area contributed by atoms with Gasteiger partial charge in [-0.1, -0.05) is 37.3 Å². The Labute approximate surface area is 143 Å². The number of hydrogen-bond donors (Lipinski definition) is 0. The second-order valence-electron chi connectivity index (χ2n) is 6.67. The Morgan fingerprint density at radius 2 is 2.00 bits per heavy atom. The summed E-state index contributed by atoms with van der Waals surface area (Å²) in [5, 5.41) is 0. The van der Waals surface area contributed by atoms with E-state index in [0.29, 0.717) is 6.61 Å². The molecule has 4 heteroatoms. The van der Waals surface area contributed by atoms with E-state index in [-0.39, 0.29) is 24.0 Å². The zero-order chi connectivity index (χ0) is 17.2. The van der Waals surface area contributed by atoms with Gasteiger partial charge >= 0.3 is 5.97 Å². The number of esters is 1. The van der Waals surface area contributed by atoms with Crippen LogP contribution in [0.25, 0.3) is 6.08 Å². The smallest absolute Gasteiger partial charge is 0.314 e. The maximum atomic E-state index is 12.8. The molecule has 1 aromatic carbocycles. The molecule has 0 N–H and O–H groups in total. The van der Waals surface area contributed by atoms with Crippen LogP contribution in [0.1, 0.15) is 45.1 Å². The SMILES string of the molecule is CCOC(=O)[C@@]1(CC)C[C@H]2CC[C@@H]1N2C(=O)C=Cc1ccccc1. The van der Waals surface area contributed by atoms with E-state index in [0.717, 1.165) is 31.2 Å². The summed E-state index contributed by atoms with van der Waals surface area (Å²) in [4.78, 5) is 27.2. The molecule has 0 saturated carbocycles. The maximum Gasteiger partial charge on any atom is 0.314 e. The number of amides is 1. The maximum absolute atomic E-state index is 12.8. The highest BCUT2D eigenvalue weighted by atomic mass is 16.5. The summed E-state index contributed by atoms with van der Waals surface area (Å²) in [6.45, 7) is 4.25. The Morgan fingerprint density at radius 3 is 2.67 bits per heavy atom. The van der Waals surface area contributed by atoms with Crippen molar-refractivity contribution in [2.75, 3.05) is 6.61 Å². The van der Waals surface area contributed by atoms with E-state index >= 15 is 0 Å². The summed E-state index contributed by atoms with van der Waals surface area (Å²) in [5.41, 5.74) is 0.486. The van der Waals surface area contributed by atoms with Gasteiger partial charge in [-0.2, -0.15) is 0 Å². The molecule has 2 aliphatic rings. The van der Waals surface area contributed by atoms with Gasteiger partial charge in [-0.3, -0.25) is 9.59 Å². The predicted molar refractivity (Wildman–Crippen MR) is 93.1 cm³/mol. The Balaban J connectivity index is 1.79. The molecule has 1 aromatic rings. The van der Waals surface area contributed by atoms with Crippen LogP contribution in [0.15, 0.2) is 36.4 Å². The highest BCUT2D eigenvalue weighted by Crippen LogP contribution is 2.52. The third kappa shape index (κ3) is 2.74. The summed E-state index contributed by atoms with van der Waals surface area (Å²) < 4.78 is 5.34. The van der Waals surface area contributed by atoms with Crippen LogP contribution >= 0.6 is 0 Å². The van der Waals surface area contributed by atoms with Gasteiger partial charge in [0, 0.05) is 18.2 Å². The molecule has 2 saturated heterocycles. The first-order chi connectivity index (χ1) is 11.6. The fourth-order valence-corrected chi connectivity index (χ4v) is 4.35. The van der Waals surface area contributed by atoms with Gasteiger partial charge in [0.25, 0.3) is 0 Å². The highest BCUT2D eigenvalue weighted by molar-refractivity contribution is 5.94. The minimum Gasteiger partial charge on any atom is -0.466 e. The zero-order valence-corrected chi connectivity index (χ0v) is 14.4. The van der Waals surface area contributed by atoms with Gasteiger partial charge < -0.3 is 9.64 Å². The molecule has 3 atom stereocenters. The fraction of sp³-hybridized carbons (Fsp3) is 0.500. The minimum atomic E-state index is -0.519. The molecule has 128 valence electrons. The van der Waals surface area contributed by atoms with Crippen LogP contribution in [0.5, 0.6) is 0 Å². The Kier molecular flexibility index (Phi) is 4.74. The van der Waals surface area contributed by atoms with Gasteiger partial charge in [0.05, 0.1) is 12.0 Å². The molecule has 1 amide bonds. The van der Waals surface area contributed by atoms with Crippen LogP contribution in [0.2, 0.25) is 0 Å². The Bertz CT molecular complexity index is 640. The van der Waals surface area contributed by atoms with E-state index in [1.165, 1.54) is 0 Å². The Morgan fingerprint density at radius 1 is 1.25 bits per heavy atom. The van der Waals surface area contributed by atoms with Crippen LogP contribution in [0.3, 0.4) is 0 Å². The van der Waals surface area contributed by atoms with Crippen molar-refractivity contribution in [3.63, 3.8) is 0 Å². The van der Waals surface area contributed by atoms with Crippen molar-refractivity contribution in [1.29, 1.82) is 0 Å². The first kappa shape index (κ1) is 16.7. The van der Waals surface area contributed by atoms with Crippen molar-refractivity contribution < 1.29 is 14.3 Å². The molecule has 2 fully saturated rings. The molecule has 0 unspecified atom stereocenters. The van der Waals surface area contributed by atoms with Gasteiger partial charge in [0.1, 0.15) is 0 Å². The third-order valence-electron chi connectivity index (χ3n) is 5.53. The lowest BCUT2D eigenvalue weighted by atomic mass is 9.72. The lowest BCUT2D eigenvalue weighted by molar-refractivity contribution is -0.158. The monoisotopic (exact) mass is 327 g/mol. The summed E-state index contributed by atoms with van der Waals surface area (Å²) in [7, 11) is 0. The first-order valence-electron chi connectivity index (χ1n) is 8.85. The highest BCUT2D eigenvalue weighted by Gasteiger charge is 2.60. The molecule has 2 bridgehead atoms. The molecule has 2 aliphatic heterocycles. The lowest BCUT2D eigenvalue weighted by Gasteiger charge is -2.33. The summed E-state index contributed by atoms with van der Waals surface area (Å²) in [6, 6.07) is 9.93. The predicted octanol–water partition coefficient (Wildman–Crippen LogP) is 3.42. The topological polar surface area (TPSA) is 46.6 Å². The average molecular weight is 327 g/mol. The third-order valence-corrected chi connectivity index (χ3v) is 5.53. The standard InChI is InChI=1S/C20H25NO3/c1-3-20(19(23)24-4-2)14-16-11-12-17(20)21(16)18(22)13-10-15-8-6-5-7-9-15/h5-10,13,16-17H,3-4,11-12,14H2,1-2H3/t16-,17+,20+/m1/s1. The molecule has 0 radical (unpaired) electrons. The number of hydrogen-bond acceptors (Lipinski definition) is 3. The number of benzene rings is 1. The van der Waals surface area contributed by atoms with E-state index in [9.17, 15) is 9.59 Å². The van der Waals surface area contributed by atoms with Crippen LogP contribution in [0.4, 0.5) is 0 Å². The van der Waals surface area contributed by atoms with Gasteiger partial charge in [0.15, 0.2) is 0 Å². The van der Waals surface area contributed by atoms with Crippen LogP contribution in [-0.4, -0.2) is 35.5 Å². The van der Waals surface area contributed by atoms with Crippen molar-refractivity contribution in [3.05, 3.63) is 42.0 Å². The molecule has 24 heavy (non-hydrogen) atoms. The van der Waals surface area contributed by atoms with Crippen LogP contribution in [0, 0.1) is 5.41 Å². The van der Waals surface area contributed by atoms with E-state index in [2.05, 4.69) is 0 Å². The number of ether oxygens (including phenoxy) is 1. The molecule has 0 aromatic heterocycles. The second-order valence-corrected chi connectivity index (χ2v) is 6.67. The van der Waals surface area contributed by atoms with Crippen molar-refractivity contribution in [3.8, 4) is 0 Å². The van der Waals surface area contributed by atoms with Gasteiger partial charge in [-0.25, -0.2) is 0 Å². The number of fused-ring (bicyclic) bond motifs is 2. The number of rotatable bonds is 5. The average Bonchev–Trinajstić information content (AvgIpc) is 3.17. The molecule has 0 aliphatic carbocycles. The Hall–Kier alpha value is -2.10. The zero-order valence-electron chi connectivity index (χ0n) is 14.4.